The van der Waals surface area contributed by atoms with Crippen LogP contribution in [0.2, 0.25) is 0 Å². The molecule has 1 unspecified atom stereocenters. The van der Waals surface area contributed by atoms with Crippen LogP contribution in [0.25, 0.3) is 11.0 Å². The van der Waals surface area contributed by atoms with E-state index >= 15 is 0 Å². The number of furan rings is 1. The van der Waals surface area contributed by atoms with Gasteiger partial charge in [-0.25, -0.2) is 0 Å². The van der Waals surface area contributed by atoms with Gasteiger partial charge in [0.15, 0.2) is 22.9 Å². The Hall–Kier alpha value is -4.52. The van der Waals surface area contributed by atoms with Gasteiger partial charge in [0.05, 0.1) is 25.8 Å². The molecule has 7 heteroatoms. The number of rotatable bonds is 7. The van der Waals surface area contributed by atoms with E-state index in [0.717, 1.165) is 5.56 Å². The van der Waals surface area contributed by atoms with E-state index in [1.54, 1.807) is 31.4 Å². The number of hydrogen-bond donors (Lipinski definition) is 1. The summed E-state index contributed by atoms with van der Waals surface area (Å²) in [5, 5.41) is 11.6. The molecule has 5 rings (SSSR count). The number of ether oxygens (including phenoxy) is 2. The van der Waals surface area contributed by atoms with E-state index in [1.807, 2.05) is 54.6 Å². The lowest BCUT2D eigenvalue weighted by Crippen LogP contribution is -2.30. The average Bonchev–Trinajstić information content (AvgIpc) is 3.44. The number of aliphatic hydroxyl groups is 1. The van der Waals surface area contributed by atoms with Crippen molar-refractivity contribution in [2.75, 3.05) is 14.2 Å². The molecule has 0 saturated heterocycles. The van der Waals surface area contributed by atoms with Gasteiger partial charge in [0.25, 0.3) is 5.91 Å². The van der Waals surface area contributed by atoms with E-state index in [9.17, 15) is 14.7 Å². The summed E-state index contributed by atoms with van der Waals surface area (Å²) in [7, 11) is 3.09. The highest BCUT2D eigenvalue weighted by molar-refractivity contribution is 6.16. The average molecular weight is 469 g/mol. The second-order valence-corrected chi connectivity index (χ2v) is 8.18. The number of ketones is 1. The van der Waals surface area contributed by atoms with Crippen molar-refractivity contribution < 1.29 is 28.6 Å². The second-order valence-electron chi connectivity index (χ2n) is 8.18. The van der Waals surface area contributed by atoms with Crippen molar-refractivity contribution in [2.45, 2.75) is 12.6 Å². The Morgan fingerprint density at radius 2 is 1.74 bits per heavy atom. The number of methoxy groups -OCH3 is 2. The van der Waals surface area contributed by atoms with Crippen molar-refractivity contribution in [3.8, 4) is 11.5 Å². The molecule has 0 bridgehead atoms. The van der Waals surface area contributed by atoms with Crippen LogP contribution in [0.1, 0.15) is 27.7 Å². The molecule has 1 atom stereocenters. The first kappa shape index (κ1) is 22.3. The molecule has 4 aromatic rings. The Morgan fingerprint density at radius 1 is 0.971 bits per heavy atom. The predicted octanol–water partition coefficient (Wildman–Crippen LogP) is 5.23. The van der Waals surface area contributed by atoms with Gasteiger partial charge in [-0.3, -0.25) is 9.59 Å². The highest BCUT2D eigenvalue weighted by atomic mass is 16.5. The zero-order valence-corrected chi connectivity index (χ0v) is 19.2. The molecule has 1 aliphatic heterocycles. The van der Waals surface area contributed by atoms with Crippen LogP contribution in [0.5, 0.6) is 11.5 Å². The number of aliphatic hydroxyl groups excluding tert-OH is 1. The summed E-state index contributed by atoms with van der Waals surface area (Å²) in [6.45, 7) is 0.171. The third-order valence-electron chi connectivity index (χ3n) is 6.10. The van der Waals surface area contributed by atoms with Gasteiger partial charge in [0.1, 0.15) is 5.75 Å². The molecule has 2 heterocycles. The molecular formula is C28H23NO6. The van der Waals surface area contributed by atoms with Gasteiger partial charge in [-0.2, -0.15) is 0 Å². The van der Waals surface area contributed by atoms with Crippen LogP contribution in [0, 0.1) is 0 Å². The van der Waals surface area contributed by atoms with Crippen LogP contribution in [0.15, 0.2) is 94.6 Å². The van der Waals surface area contributed by atoms with Crippen molar-refractivity contribution in [2.24, 2.45) is 0 Å². The number of amides is 1. The first-order chi connectivity index (χ1) is 17.0. The maximum atomic E-state index is 13.7. The van der Waals surface area contributed by atoms with Crippen LogP contribution in [-0.2, 0) is 11.3 Å². The molecule has 7 nitrogen and oxygen atoms in total. The Labute approximate surface area is 201 Å². The first-order valence-corrected chi connectivity index (χ1v) is 11.0. The molecule has 1 N–H and O–H groups in total. The zero-order chi connectivity index (χ0) is 24.5. The molecule has 176 valence electrons. The Morgan fingerprint density at radius 3 is 2.49 bits per heavy atom. The van der Waals surface area contributed by atoms with E-state index in [-0.39, 0.29) is 17.9 Å². The summed E-state index contributed by atoms with van der Waals surface area (Å²) in [6, 6.07) is 22.6. The molecule has 35 heavy (non-hydrogen) atoms. The molecule has 1 aliphatic rings. The SMILES string of the molecule is COc1cccc(CN2C(=O)C(O)=C(C(=O)c3cc4cccc(OC)c4o3)C2c2ccccc2)c1. The second kappa shape index (κ2) is 9.02. The lowest BCUT2D eigenvalue weighted by atomic mass is 9.95. The topological polar surface area (TPSA) is 89.2 Å². The van der Waals surface area contributed by atoms with E-state index in [2.05, 4.69) is 0 Å². The summed E-state index contributed by atoms with van der Waals surface area (Å²) in [5.74, 6) is -0.617. The van der Waals surface area contributed by atoms with Gasteiger partial charge < -0.3 is 23.9 Å². The lowest BCUT2D eigenvalue weighted by molar-refractivity contribution is -0.130. The fourth-order valence-electron chi connectivity index (χ4n) is 4.44. The standard InChI is InChI=1S/C28H23NO6/c1-33-20-12-6-8-17(14-20)16-29-24(18-9-4-3-5-10-18)23(26(31)28(29)32)25(30)22-15-19-11-7-13-21(34-2)27(19)35-22/h3-15,24,31H,16H2,1-2H3. The largest absolute Gasteiger partial charge is 0.503 e. The Bertz CT molecular complexity index is 1450. The summed E-state index contributed by atoms with van der Waals surface area (Å²) in [6.07, 6.45) is 0. The molecule has 0 fully saturated rings. The Balaban J connectivity index is 1.58. The molecular weight excluding hydrogens is 446 g/mol. The van der Waals surface area contributed by atoms with Crippen molar-refractivity contribution >= 4 is 22.7 Å². The number of benzene rings is 3. The number of nitrogens with zero attached hydrogens (tertiary/aromatic N) is 1. The monoisotopic (exact) mass is 469 g/mol. The molecule has 0 spiro atoms. The quantitative estimate of drug-likeness (QED) is 0.373. The highest BCUT2D eigenvalue weighted by Gasteiger charge is 2.44. The summed E-state index contributed by atoms with van der Waals surface area (Å²) in [4.78, 5) is 28.4. The van der Waals surface area contributed by atoms with E-state index in [4.69, 9.17) is 13.9 Å². The van der Waals surface area contributed by atoms with Crippen LogP contribution in [0.4, 0.5) is 0 Å². The normalized spacial score (nSPS) is 15.7. The minimum atomic E-state index is -0.794. The lowest BCUT2D eigenvalue weighted by Gasteiger charge is -2.27. The van der Waals surface area contributed by atoms with Gasteiger partial charge in [-0.05, 0) is 35.4 Å². The zero-order valence-electron chi connectivity index (χ0n) is 19.2. The fourth-order valence-corrected chi connectivity index (χ4v) is 4.44. The van der Waals surface area contributed by atoms with Crippen molar-refractivity contribution in [3.63, 3.8) is 0 Å². The molecule has 0 aliphatic carbocycles. The van der Waals surface area contributed by atoms with E-state index in [1.165, 1.54) is 12.0 Å². The van der Waals surface area contributed by atoms with E-state index in [0.29, 0.717) is 28.0 Å². The number of Topliss-reactive ketones (excluding diaryl/α,β-unsaturated/α-hetero) is 1. The van der Waals surface area contributed by atoms with Gasteiger partial charge >= 0.3 is 0 Å². The first-order valence-electron chi connectivity index (χ1n) is 11.0. The van der Waals surface area contributed by atoms with Crippen LogP contribution in [0.3, 0.4) is 0 Å². The third kappa shape index (κ3) is 3.91. The van der Waals surface area contributed by atoms with Gasteiger partial charge in [0, 0.05) is 11.9 Å². The third-order valence-corrected chi connectivity index (χ3v) is 6.10. The van der Waals surface area contributed by atoms with Crippen molar-refractivity contribution in [1.82, 2.24) is 4.90 Å². The predicted molar refractivity (Wildman–Crippen MR) is 129 cm³/mol. The number of carbonyl (C=O) groups is 2. The van der Waals surface area contributed by atoms with Crippen molar-refractivity contribution in [3.05, 3.63) is 107 Å². The highest BCUT2D eigenvalue weighted by Crippen LogP contribution is 2.41. The summed E-state index contributed by atoms with van der Waals surface area (Å²) in [5.41, 5.74) is 1.90. The smallest absolute Gasteiger partial charge is 0.290 e. The minimum absolute atomic E-state index is 0.0167. The fraction of sp³-hybridized carbons (Fsp3) is 0.143. The molecule has 1 amide bonds. The van der Waals surface area contributed by atoms with Crippen LogP contribution >= 0.6 is 0 Å². The minimum Gasteiger partial charge on any atom is -0.503 e. The number of hydrogen-bond acceptors (Lipinski definition) is 6. The van der Waals surface area contributed by atoms with E-state index < -0.39 is 23.5 Å². The van der Waals surface area contributed by atoms with Crippen LogP contribution < -0.4 is 9.47 Å². The number of carbonyl (C=O) groups excluding carboxylic acids is 2. The van der Waals surface area contributed by atoms with Gasteiger partial charge in [-0.15, -0.1) is 0 Å². The maximum Gasteiger partial charge on any atom is 0.290 e. The van der Waals surface area contributed by atoms with Crippen LogP contribution in [-0.4, -0.2) is 35.9 Å². The van der Waals surface area contributed by atoms with Gasteiger partial charge in [-0.1, -0.05) is 54.6 Å². The number of para-hydroxylation sites is 1. The summed E-state index contributed by atoms with van der Waals surface area (Å²) < 4.78 is 16.5. The number of fused-ring (bicyclic) bond motifs is 1. The molecule has 0 saturated carbocycles. The van der Waals surface area contributed by atoms with Crippen molar-refractivity contribution in [1.29, 1.82) is 0 Å². The summed E-state index contributed by atoms with van der Waals surface area (Å²) >= 11 is 0. The Kier molecular flexibility index (Phi) is 5.74. The molecule has 1 aromatic heterocycles. The maximum absolute atomic E-state index is 13.7. The van der Waals surface area contributed by atoms with Gasteiger partial charge in [0.2, 0.25) is 5.78 Å². The molecule has 0 radical (unpaired) electrons. The molecule has 3 aromatic carbocycles.